The van der Waals surface area contributed by atoms with Gasteiger partial charge in [-0.1, -0.05) is 37.5 Å². The molecule has 0 aliphatic heterocycles. The topological polar surface area (TPSA) is 74.7 Å². The minimum absolute atomic E-state index is 0.0227. The molecule has 1 atom stereocenters. The fourth-order valence-corrected chi connectivity index (χ4v) is 2.04. The molecule has 0 radical (unpaired) electrons. The zero-order valence-electron chi connectivity index (χ0n) is 12.0. The molecule has 3 N–H and O–H groups in total. The van der Waals surface area contributed by atoms with E-state index < -0.39 is 0 Å². The highest BCUT2D eigenvalue weighted by atomic mass is 35.5. The van der Waals surface area contributed by atoms with E-state index in [9.17, 15) is 0 Å². The van der Waals surface area contributed by atoms with Crippen LogP contribution in [0.5, 0.6) is 0 Å². The van der Waals surface area contributed by atoms with Crippen molar-refractivity contribution < 1.29 is 5.21 Å². The fourth-order valence-electron chi connectivity index (χ4n) is 1.69. The van der Waals surface area contributed by atoms with Crippen LogP contribution in [0.2, 0.25) is 5.02 Å². The van der Waals surface area contributed by atoms with Gasteiger partial charge in [0.25, 0.3) is 0 Å². The molecule has 0 fully saturated rings. The Labute approximate surface area is 119 Å². The second-order valence-corrected chi connectivity index (χ2v) is 6.01. The molecular formula is C13H21ClN4O. The monoisotopic (exact) mass is 284 g/mol. The van der Waals surface area contributed by atoms with Crippen LogP contribution in [-0.2, 0) is 0 Å². The minimum Gasteiger partial charge on any atom is -0.409 e. The molecule has 6 heteroatoms. The van der Waals surface area contributed by atoms with Gasteiger partial charge in [0.05, 0.1) is 5.02 Å². The number of pyridine rings is 1. The molecule has 106 valence electrons. The molecule has 0 saturated carbocycles. The molecule has 1 aromatic rings. The summed E-state index contributed by atoms with van der Waals surface area (Å²) < 4.78 is 0. The maximum atomic E-state index is 8.75. The summed E-state index contributed by atoms with van der Waals surface area (Å²) in [4.78, 5) is 6.29. The van der Waals surface area contributed by atoms with Crippen molar-refractivity contribution in [3.63, 3.8) is 0 Å². The van der Waals surface area contributed by atoms with E-state index in [1.165, 1.54) is 0 Å². The number of anilines is 1. The Morgan fingerprint density at radius 1 is 1.53 bits per heavy atom. The fraction of sp³-hybridized carbons (Fsp3) is 0.538. The van der Waals surface area contributed by atoms with E-state index in [1.807, 2.05) is 11.9 Å². The Balaban J connectivity index is 3.22. The lowest BCUT2D eigenvalue weighted by molar-refractivity contribution is 0.318. The van der Waals surface area contributed by atoms with Crippen molar-refractivity contribution in [2.24, 2.45) is 16.3 Å². The molecule has 5 nitrogen and oxygen atoms in total. The molecular weight excluding hydrogens is 264 g/mol. The van der Waals surface area contributed by atoms with E-state index in [2.05, 4.69) is 37.8 Å². The van der Waals surface area contributed by atoms with Gasteiger partial charge < -0.3 is 15.8 Å². The number of halogens is 1. The first kappa shape index (κ1) is 15.6. The predicted octanol–water partition coefficient (Wildman–Crippen LogP) is 2.70. The Hall–Kier alpha value is -1.49. The SMILES string of the molecule is CC(N(C)c1nccc(/C(N)=N/O)c1Cl)C(C)(C)C. The van der Waals surface area contributed by atoms with E-state index >= 15 is 0 Å². The van der Waals surface area contributed by atoms with Gasteiger partial charge in [0, 0.05) is 24.8 Å². The first-order valence-electron chi connectivity index (χ1n) is 6.05. The molecule has 0 bridgehead atoms. The average molecular weight is 285 g/mol. The first-order valence-corrected chi connectivity index (χ1v) is 6.43. The summed E-state index contributed by atoms with van der Waals surface area (Å²) in [6.45, 7) is 8.55. The normalized spacial score (nSPS) is 14.3. The summed E-state index contributed by atoms with van der Waals surface area (Å²) in [6, 6.07) is 1.84. The van der Waals surface area contributed by atoms with Gasteiger partial charge in [0.2, 0.25) is 0 Å². The number of nitrogens with two attached hydrogens (primary N) is 1. The molecule has 1 rings (SSSR count). The molecule has 0 amide bonds. The standard InChI is InChI=1S/C13H21ClN4O/c1-8(13(2,3)4)18(5)12-10(14)9(6-7-16-12)11(15)17-19/h6-8,19H,1-5H3,(H2,15,17). The average Bonchev–Trinajstić information content (AvgIpc) is 2.35. The van der Waals surface area contributed by atoms with E-state index in [4.69, 9.17) is 22.5 Å². The number of amidine groups is 1. The number of aromatic nitrogens is 1. The van der Waals surface area contributed by atoms with Crippen LogP contribution >= 0.6 is 11.6 Å². The quantitative estimate of drug-likeness (QED) is 0.387. The number of hydrogen-bond donors (Lipinski definition) is 2. The molecule has 0 saturated heterocycles. The van der Waals surface area contributed by atoms with Gasteiger partial charge in [-0.05, 0) is 18.4 Å². The van der Waals surface area contributed by atoms with Crippen molar-refractivity contribution in [2.75, 3.05) is 11.9 Å². The Kier molecular flexibility index (Phi) is 4.63. The van der Waals surface area contributed by atoms with Crippen LogP contribution in [0.4, 0.5) is 5.82 Å². The van der Waals surface area contributed by atoms with Gasteiger partial charge in [0.15, 0.2) is 5.84 Å². The van der Waals surface area contributed by atoms with Crippen LogP contribution in [0.3, 0.4) is 0 Å². The molecule has 0 spiro atoms. The zero-order valence-corrected chi connectivity index (χ0v) is 12.7. The summed E-state index contributed by atoms with van der Waals surface area (Å²) in [5, 5.41) is 12.1. The molecule has 0 aromatic carbocycles. The van der Waals surface area contributed by atoms with Crippen LogP contribution in [0.15, 0.2) is 17.4 Å². The lowest BCUT2D eigenvalue weighted by atomic mass is 9.87. The van der Waals surface area contributed by atoms with Crippen molar-refractivity contribution in [1.29, 1.82) is 0 Å². The van der Waals surface area contributed by atoms with E-state index in [0.717, 1.165) is 0 Å². The lowest BCUT2D eigenvalue weighted by Gasteiger charge is -2.36. The van der Waals surface area contributed by atoms with Crippen LogP contribution < -0.4 is 10.6 Å². The van der Waals surface area contributed by atoms with Gasteiger partial charge in [-0.15, -0.1) is 0 Å². The van der Waals surface area contributed by atoms with E-state index in [0.29, 0.717) is 16.4 Å². The van der Waals surface area contributed by atoms with E-state index in [1.54, 1.807) is 12.3 Å². The third-order valence-corrected chi connectivity index (χ3v) is 3.80. The summed E-state index contributed by atoms with van der Waals surface area (Å²) in [5.74, 6) is 0.596. The highest BCUT2D eigenvalue weighted by Gasteiger charge is 2.26. The summed E-state index contributed by atoms with van der Waals surface area (Å²) in [7, 11) is 1.93. The molecule has 0 aliphatic rings. The molecule has 0 aliphatic carbocycles. The second-order valence-electron chi connectivity index (χ2n) is 5.63. The largest absolute Gasteiger partial charge is 0.409 e. The molecule has 1 aromatic heterocycles. The summed E-state index contributed by atoms with van der Waals surface area (Å²) in [5.41, 5.74) is 6.15. The van der Waals surface area contributed by atoms with Crippen molar-refractivity contribution in [1.82, 2.24) is 4.98 Å². The van der Waals surface area contributed by atoms with Crippen LogP contribution in [-0.4, -0.2) is 29.1 Å². The highest BCUT2D eigenvalue weighted by Crippen LogP contribution is 2.31. The van der Waals surface area contributed by atoms with Crippen molar-refractivity contribution in [2.45, 2.75) is 33.7 Å². The summed E-state index contributed by atoms with van der Waals surface area (Å²) >= 11 is 6.30. The van der Waals surface area contributed by atoms with Crippen LogP contribution in [0.25, 0.3) is 0 Å². The van der Waals surface area contributed by atoms with E-state index in [-0.39, 0.29) is 17.3 Å². The van der Waals surface area contributed by atoms with Gasteiger partial charge in [-0.25, -0.2) is 4.98 Å². The third-order valence-electron chi connectivity index (χ3n) is 3.42. The third kappa shape index (κ3) is 3.29. The van der Waals surface area contributed by atoms with Crippen LogP contribution in [0.1, 0.15) is 33.3 Å². The smallest absolute Gasteiger partial charge is 0.171 e. The molecule has 1 unspecified atom stereocenters. The number of hydrogen-bond acceptors (Lipinski definition) is 4. The maximum Gasteiger partial charge on any atom is 0.171 e. The Morgan fingerprint density at radius 2 is 2.11 bits per heavy atom. The Bertz CT molecular complexity index is 482. The molecule has 1 heterocycles. The van der Waals surface area contributed by atoms with Crippen molar-refractivity contribution >= 4 is 23.3 Å². The van der Waals surface area contributed by atoms with Gasteiger partial charge in [-0.2, -0.15) is 0 Å². The Morgan fingerprint density at radius 3 is 2.58 bits per heavy atom. The predicted molar refractivity (Wildman–Crippen MR) is 79.1 cm³/mol. The maximum absolute atomic E-state index is 8.75. The lowest BCUT2D eigenvalue weighted by Crippen LogP contribution is -2.40. The van der Waals surface area contributed by atoms with Gasteiger partial charge in [-0.3, -0.25) is 0 Å². The van der Waals surface area contributed by atoms with Crippen LogP contribution in [0, 0.1) is 5.41 Å². The van der Waals surface area contributed by atoms with Crippen molar-refractivity contribution in [3.8, 4) is 0 Å². The zero-order chi connectivity index (χ0) is 14.8. The first-order chi connectivity index (χ1) is 8.70. The molecule has 19 heavy (non-hydrogen) atoms. The highest BCUT2D eigenvalue weighted by molar-refractivity contribution is 6.36. The number of rotatable bonds is 3. The van der Waals surface area contributed by atoms with Crippen molar-refractivity contribution in [3.05, 3.63) is 22.8 Å². The summed E-state index contributed by atoms with van der Waals surface area (Å²) in [6.07, 6.45) is 1.60. The second kappa shape index (κ2) is 5.65. The van der Waals surface area contributed by atoms with Gasteiger partial charge >= 0.3 is 0 Å². The number of nitrogens with zero attached hydrogens (tertiary/aromatic N) is 3. The minimum atomic E-state index is -0.0227. The van der Waals surface area contributed by atoms with Gasteiger partial charge in [0.1, 0.15) is 5.82 Å². The number of oxime groups is 1.